The molecule has 0 bridgehead atoms. The van der Waals surface area contributed by atoms with Gasteiger partial charge in [-0.25, -0.2) is 0 Å². The number of benzene rings is 1. The van der Waals surface area contributed by atoms with Gasteiger partial charge in [0.1, 0.15) is 0 Å². The van der Waals surface area contributed by atoms with Gasteiger partial charge < -0.3 is 9.30 Å². The van der Waals surface area contributed by atoms with Crippen LogP contribution in [-0.2, 0) is 24.8 Å². The van der Waals surface area contributed by atoms with Crippen LogP contribution >= 0.6 is 0 Å². The Hall–Kier alpha value is -2.20. The molecule has 0 amide bonds. The van der Waals surface area contributed by atoms with Gasteiger partial charge in [-0.2, -0.15) is 0 Å². The summed E-state index contributed by atoms with van der Waals surface area (Å²) < 4.78 is 7.88. The second-order valence-electron chi connectivity index (χ2n) is 7.53. The first-order chi connectivity index (χ1) is 12.6. The monoisotopic (exact) mass is 350 g/mol. The Balaban J connectivity index is 1.75. The van der Waals surface area contributed by atoms with Crippen molar-refractivity contribution in [3.8, 4) is 11.1 Å². The molecule has 2 aromatic rings. The van der Waals surface area contributed by atoms with Crippen molar-refractivity contribution < 1.29 is 4.74 Å². The van der Waals surface area contributed by atoms with Crippen LogP contribution in [0.3, 0.4) is 0 Å². The Bertz CT molecular complexity index is 879. The van der Waals surface area contributed by atoms with Crippen molar-refractivity contribution in [1.29, 1.82) is 0 Å². The quantitative estimate of drug-likeness (QED) is 0.816. The Morgan fingerprint density at radius 2 is 2.04 bits per heavy atom. The van der Waals surface area contributed by atoms with Gasteiger partial charge in [0.2, 0.25) is 0 Å². The van der Waals surface area contributed by atoms with E-state index in [0.717, 1.165) is 53.6 Å². The number of aromatic nitrogens is 1. The maximum Gasteiger partial charge on any atom is 0.253 e. The van der Waals surface area contributed by atoms with E-state index in [4.69, 9.17) is 4.74 Å². The Kier molecular flexibility index (Phi) is 4.77. The summed E-state index contributed by atoms with van der Waals surface area (Å²) in [6, 6.07) is 6.42. The van der Waals surface area contributed by atoms with E-state index < -0.39 is 0 Å². The van der Waals surface area contributed by atoms with E-state index in [2.05, 4.69) is 17.1 Å². The van der Waals surface area contributed by atoms with Gasteiger partial charge in [-0.3, -0.25) is 9.79 Å². The number of ether oxygens (including phenoxy) is 1. The molecule has 0 atom stereocenters. The van der Waals surface area contributed by atoms with Crippen molar-refractivity contribution in [2.45, 2.75) is 58.2 Å². The number of hydrogen-bond acceptors (Lipinski definition) is 3. The van der Waals surface area contributed by atoms with Crippen LogP contribution in [0.2, 0.25) is 0 Å². The van der Waals surface area contributed by atoms with Crippen molar-refractivity contribution in [3.63, 3.8) is 0 Å². The minimum absolute atomic E-state index is 0.0556. The molecular weight excluding hydrogens is 324 g/mol. The van der Waals surface area contributed by atoms with Crippen LogP contribution in [0.1, 0.15) is 48.8 Å². The van der Waals surface area contributed by atoms with E-state index in [-0.39, 0.29) is 5.56 Å². The number of aryl methyl sites for hydroxylation is 3. The molecule has 1 saturated carbocycles. The molecule has 1 aromatic carbocycles. The van der Waals surface area contributed by atoms with Crippen molar-refractivity contribution in [3.05, 3.63) is 51.4 Å². The number of aliphatic imine (C=N–C) groups is 1. The number of fused-ring (bicyclic) bond motifs is 1. The third kappa shape index (κ3) is 3.38. The Labute approximate surface area is 154 Å². The molecule has 2 aliphatic rings. The minimum atomic E-state index is 0.0556. The first-order valence-electron chi connectivity index (χ1n) is 9.59. The maximum atomic E-state index is 12.1. The molecule has 0 radical (unpaired) electrons. The van der Waals surface area contributed by atoms with Gasteiger partial charge in [0.05, 0.1) is 18.4 Å². The lowest BCUT2D eigenvalue weighted by atomic mass is 9.94. The lowest BCUT2D eigenvalue weighted by molar-refractivity contribution is 0.0459. The highest BCUT2D eigenvalue weighted by Crippen LogP contribution is 2.34. The van der Waals surface area contributed by atoms with E-state index in [1.54, 1.807) is 4.57 Å². The molecule has 0 N–H and O–H groups in total. The summed E-state index contributed by atoms with van der Waals surface area (Å²) in [7, 11) is 1.82. The van der Waals surface area contributed by atoms with Crippen molar-refractivity contribution in [2.75, 3.05) is 0 Å². The molecule has 1 aromatic heterocycles. The van der Waals surface area contributed by atoms with Crippen LogP contribution in [0.5, 0.6) is 0 Å². The number of pyridine rings is 1. The molecular formula is C22H26N2O2. The van der Waals surface area contributed by atoms with Crippen LogP contribution in [0, 0.1) is 6.92 Å². The van der Waals surface area contributed by atoms with Gasteiger partial charge in [0.15, 0.2) is 0 Å². The number of nitrogens with zero attached hydrogens (tertiary/aromatic N) is 2. The first kappa shape index (κ1) is 17.2. The van der Waals surface area contributed by atoms with Crippen LogP contribution in [0.4, 0.5) is 5.69 Å². The molecule has 2 heterocycles. The van der Waals surface area contributed by atoms with E-state index in [9.17, 15) is 4.79 Å². The van der Waals surface area contributed by atoms with Crippen molar-refractivity contribution >= 4 is 11.9 Å². The zero-order valence-electron chi connectivity index (χ0n) is 15.6. The van der Waals surface area contributed by atoms with Gasteiger partial charge in [-0.1, -0.05) is 12.8 Å². The lowest BCUT2D eigenvalue weighted by Crippen LogP contribution is -2.18. The Morgan fingerprint density at radius 1 is 1.23 bits per heavy atom. The molecule has 1 fully saturated rings. The third-order valence-corrected chi connectivity index (χ3v) is 5.53. The average Bonchev–Trinajstić information content (AvgIpc) is 3.17. The highest BCUT2D eigenvalue weighted by Gasteiger charge is 2.18. The average molecular weight is 350 g/mol. The normalized spacial score (nSPS) is 16.8. The summed E-state index contributed by atoms with van der Waals surface area (Å²) in [5, 5.41) is 0. The molecule has 136 valence electrons. The standard InChI is InChI=1S/C22H26N2O2/c1-15-10-17(13-24(2)22(15)25)20-11-16-6-5-9-23-21(16)12-18(20)14-26-19-7-3-4-8-19/h9-13,19H,3-8,14H2,1-2H3. The SMILES string of the molecule is Cc1cc(-c2cc3c(cc2COC2CCCC2)N=CCC3)cn(C)c1=O. The molecule has 1 aliphatic carbocycles. The van der Waals surface area contributed by atoms with Crippen molar-refractivity contribution in [2.24, 2.45) is 12.0 Å². The third-order valence-electron chi connectivity index (χ3n) is 5.53. The summed E-state index contributed by atoms with van der Waals surface area (Å²) in [5.74, 6) is 0. The molecule has 4 rings (SSSR count). The summed E-state index contributed by atoms with van der Waals surface area (Å²) in [6.07, 6.45) is 11.2. The zero-order valence-corrected chi connectivity index (χ0v) is 15.6. The van der Waals surface area contributed by atoms with Gasteiger partial charge in [-0.15, -0.1) is 0 Å². The number of rotatable bonds is 4. The van der Waals surface area contributed by atoms with Crippen LogP contribution in [0.25, 0.3) is 11.1 Å². The van der Waals surface area contributed by atoms with Gasteiger partial charge in [0.25, 0.3) is 5.56 Å². The fourth-order valence-corrected chi connectivity index (χ4v) is 4.06. The van der Waals surface area contributed by atoms with Gasteiger partial charge in [0, 0.05) is 25.0 Å². The smallest absolute Gasteiger partial charge is 0.253 e. The molecule has 4 heteroatoms. The maximum absolute atomic E-state index is 12.1. The van der Waals surface area contributed by atoms with Crippen LogP contribution in [-0.4, -0.2) is 16.9 Å². The predicted octanol–water partition coefficient (Wildman–Crippen LogP) is 4.47. The Morgan fingerprint density at radius 3 is 2.81 bits per heavy atom. The molecule has 1 aliphatic heterocycles. The van der Waals surface area contributed by atoms with E-state index >= 15 is 0 Å². The van der Waals surface area contributed by atoms with Crippen LogP contribution in [0.15, 0.2) is 34.2 Å². The first-order valence-corrected chi connectivity index (χ1v) is 9.59. The highest BCUT2D eigenvalue weighted by molar-refractivity contribution is 5.76. The highest BCUT2D eigenvalue weighted by atomic mass is 16.5. The second kappa shape index (κ2) is 7.20. The van der Waals surface area contributed by atoms with E-state index in [1.165, 1.54) is 18.4 Å². The van der Waals surface area contributed by atoms with E-state index in [0.29, 0.717) is 12.7 Å². The zero-order chi connectivity index (χ0) is 18.1. The summed E-state index contributed by atoms with van der Waals surface area (Å²) >= 11 is 0. The lowest BCUT2D eigenvalue weighted by Gasteiger charge is -2.19. The second-order valence-corrected chi connectivity index (χ2v) is 7.53. The van der Waals surface area contributed by atoms with Gasteiger partial charge in [-0.05, 0) is 73.1 Å². The fourth-order valence-electron chi connectivity index (χ4n) is 4.06. The minimum Gasteiger partial charge on any atom is -0.374 e. The van der Waals surface area contributed by atoms with Gasteiger partial charge >= 0.3 is 0 Å². The number of hydrogen-bond donors (Lipinski definition) is 0. The molecule has 4 nitrogen and oxygen atoms in total. The summed E-state index contributed by atoms with van der Waals surface area (Å²) in [5.41, 5.74) is 6.56. The fraction of sp³-hybridized carbons (Fsp3) is 0.455. The van der Waals surface area contributed by atoms with Crippen molar-refractivity contribution in [1.82, 2.24) is 4.57 Å². The summed E-state index contributed by atoms with van der Waals surface area (Å²) in [4.78, 5) is 16.7. The molecule has 0 saturated heterocycles. The van der Waals surface area contributed by atoms with E-state index in [1.807, 2.05) is 32.4 Å². The molecule has 26 heavy (non-hydrogen) atoms. The largest absolute Gasteiger partial charge is 0.374 e. The molecule has 0 spiro atoms. The molecule has 0 unspecified atom stereocenters. The predicted molar refractivity (Wildman–Crippen MR) is 105 cm³/mol. The topological polar surface area (TPSA) is 43.6 Å². The van der Waals surface area contributed by atoms with Crippen LogP contribution < -0.4 is 5.56 Å². The summed E-state index contributed by atoms with van der Waals surface area (Å²) in [6.45, 7) is 2.48.